The summed E-state index contributed by atoms with van der Waals surface area (Å²) in [7, 11) is 0. The highest BCUT2D eigenvalue weighted by Gasteiger charge is 2.57. The van der Waals surface area contributed by atoms with Crippen LogP contribution < -0.4 is 5.32 Å². The van der Waals surface area contributed by atoms with Gasteiger partial charge in [0.2, 0.25) is 0 Å². The van der Waals surface area contributed by atoms with Crippen LogP contribution in [-0.4, -0.2) is 23.0 Å². The van der Waals surface area contributed by atoms with Gasteiger partial charge in [0, 0.05) is 32.4 Å². The van der Waals surface area contributed by atoms with Crippen molar-refractivity contribution >= 4 is 49.2 Å². The van der Waals surface area contributed by atoms with E-state index >= 15 is 0 Å². The van der Waals surface area contributed by atoms with Crippen LogP contribution in [0, 0.1) is 23.2 Å². The average Bonchev–Trinajstić information content (AvgIpc) is 3.11. The Kier molecular flexibility index (Phi) is 6.59. The van der Waals surface area contributed by atoms with Gasteiger partial charge in [-0.2, -0.15) is 0 Å². The first-order valence-corrected chi connectivity index (χ1v) is 12.8. The summed E-state index contributed by atoms with van der Waals surface area (Å²) in [5, 5.41) is 15.3. The Bertz CT molecular complexity index is 1010. The summed E-state index contributed by atoms with van der Waals surface area (Å²) in [6.07, 6.45) is 9.27. The molecule has 2 N–H and O–H groups in total. The van der Waals surface area contributed by atoms with E-state index in [-0.39, 0.29) is 23.8 Å². The molecule has 0 radical (unpaired) electrons. The minimum atomic E-state index is -0.737. The third-order valence-electron chi connectivity index (χ3n) is 7.54. The third kappa shape index (κ3) is 4.47. The molecule has 4 nitrogen and oxygen atoms in total. The Hall–Kier alpha value is -1.66. The van der Waals surface area contributed by atoms with Crippen LogP contribution in [0.25, 0.3) is 10.1 Å². The minimum absolute atomic E-state index is 0.0292. The number of hydrogen-bond acceptors (Lipinski definition) is 3. The number of carboxylic acids is 1. The normalized spacial score (nSPS) is 26.7. The molecule has 6 heteroatoms. The third-order valence-corrected chi connectivity index (χ3v) is 9.53. The lowest BCUT2D eigenvalue weighted by atomic mass is 9.44. The van der Waals surface area contributed by atoms with Crippen LogP contribution >= 0.6 is 27.3 Å². The average molecular weight is 504 g/mol. The molecule has 0 aliphatic heterocycles. The Labute approximate surface area is 196 Å². The maximum atomic E-state index is 13.3. The van der Waals surface area contributed by atoms with E-state index in [4.69, 9.17) is 5.11 Å². The zero-order valence-electron chi connectivity index (χ0n) is 18.1. The lowest BCUT2D eigenvalue weighted by Crippen LogP contribution is -2.63. The molecule has 166 valence electrons. The SMILES string of the molecule is CC1(C)[C@H]2C[C@@H](CC=CCCCC(=O)O)C(NC(=O)c3cccc4c(Br)csc34)[C@@H]1C2. The summed E-state index contributed by atoms with van der Waals surface area (Å²) >= 11 is 5.19. The molecule has 1 aromatic carbocycles. The quantitative estimate of drug-likeness (QED) is 0.313. The van der Waals surface area contributed by atoms with Gasteiger partial charge in [0.15, 0.2) is 0 Å². The van der Waals surface area contributed by atoms with Gasteiger partial charge in [-0.15, -0.1) is 11.3 Å². The van der Waals surface area contributed by atoms with Crippen molar-refractivity contribution in [1.29, 1.82) is 0 Å². The van der Waals surface area contributed by atoms with Gasteiger partial charge >= 0.3 is 5.97 Å². The molecule has 1 amide bonds. The lowest BCUT2D eigenvalue weighted by molar-refractivity contribution is -0.137. The number of rotatable bonds is 8. The number of benzene rings is 1. The fourth-order valence-corrected chi connectivity index (χ4v) is 7.24. The number of carbonyl (C=O) groups excluding carboxylic acids is 1. The lowest BCUT2D eigenvalue weighted by Gasteiger charge is -2.62. The van der Waals surface area contributed by atoms with Crippen LogP contribution in [-0.2, 0) is 4.79 Å². The second-order valence-corrected chi connectivity index (χ2v) is 11.3. The highest BCUT2D eigenvalue weighted by atomic mass is 79.9. The number of carboxylic acid groups (broad SMARTS) is 1. The summed E-state index contributed by atoms with van der Waals surface area (Å²) in [5.41, 5.74) is 1.04. The molecule has 3 saturated carbocycles. The number of halogens is 1. The standard InChI is InChI=1S/C25H30BrNO3S/c1-25(2)16-12-15(8-5-3-4-6-11-21(28)29)22(19(25)13-16)27-24(30)18-10-7-9-17-20(26)14-31-23(17)18/h3,5,7,9-10,14-16,19,22H,4,6,8,11-13H2,1-2H3,(H,27,30)(H,28,29)/t15-,16+,19+,22?/m1/s1. The molecule has 1 unspecified atom stereocenters. The van der Waals surface area contributed by atoms with Crippen molar-refractivity contribution in [2.24, 2.45) is 23.2 Å². The Morgan fingerprint density at radius 2 is 2.10 bits per heavy atom. The molecule has 0 saturated heterocycles. The zero-order valence-corrected chi connectivity index (χ0v) is 20.5. The first-order chi connectivity index (χ1) is 14.8. The van der Waals surface area contributed by atoms with Crippen molar-refractivity contribution in [3.8, 4) is 0 Å². The number of hydrogen-bond donors (Lipinski definition) is 2. The highest BCUT2D eigenvalue weighted by Crippen LogP contribution is 2.61. The fourth-order valence-electron chi connectivity index (χ4n) is 5.56. The number of fused-ring (bicyclic) bond motifs is 3. The highest BCUT2D eigenvalue weighted by molar-refractivity contribution is 9.10. The molecule has 2 aromatic rings. The second-order valence-electron chi connectivity index (χ2n) is 9.61. The molecule has 5 rings (SSSR count). The Morgan fingerprint density at radius 1 is 1.29 bits per heavy atom. The summed E-state index contributed by atoms with van der Waals surface area (Å²) in [6.45, 7) is 4.69. The Morgan fingerprint density at radius 3 is 2.84 bits per heavy atom. The predicted octanol–water partition coefficient (Wildman–Crippen LogP) is 6.65. The first kappa shape index (κ1) is 22.5. The van der Waals surface area contributed by atoms with Gasteiger partial charge in [0.1, 0.15) is 0 Å². The maximum absolute atomic E-state index is 13.3. The van der Waals surface area contributed by atoms with E-state index in [1.165, 1.54) is 6.42 Å². The molecular formula is C25H30BrNO3S. The first-order valence-electron chi connectivity index (χ1n) is 11.1. The van der Waals surface area contributed by atoms with E-state index in [9.17, 15) is 9.59 Å². The van der Waals surface area contributed by atoms with Gasteiger partial charge in [0.05, 0.1) is 5.56 Å². The van der Waals surface area contributed by atoms with Crippen molar-refractivity contribution in [3.63, 3.8) is 0 Å². The van der Waals surface area contributed by atoms with Crippen LogP contribution in [0.15, 0.2) is 40.2 Å². The van der Waals surface area contributed by atoms with E-state index in [1.807, 2.05) is 23.6 Å². The molecule has 1 aromatic heterocycles. The molecule has 2 bridgehead atoms. The van der Waals surface area contributed by atoms with Gasteiger partial charge in [0.25, 0.3) is 5.91 Å². The minimum Gasteiger partial charge on any atom is -0.481 e. The summed E-state index contributed by atoms with van der Waals surface area (Å²) in [6, 6.07) is 6.10. The van der Waals surface area contributed by atoms with E-state index in [0.29, 0.717) is 18.3 Å². The van der Waals surface area contributed by atoms with Crippen molar-refractivity contribution in [2.45, 2.75) is 58.4 Å². The second kappa shape index (κ2) is 9.07. The van der Waals surface area contributed by atoms with E-state index in [2.05, 4.69) is 47.2 Å². The van der Waals surface area contributed by atoms with Crippen molar-refractivity contribution < 1.29 is 14.7 Å². The van der Waals surface area contributed by atoms with E-state index in [0.717, 1.165) is 45.3 Å². The smallest absolute Gasteiger partial charge is 0.303 e. The van der Waals surface area contributed by atoms with Crippen LogP contribution in [0.3, 0.4) is 0 Å². The number of aliphatic carboxylic acids is 1. The largest absolute Gasteiger partial charge is 0.481 e. The number of thiophene rings is 1. The summed E-state index contributed by atoms with van der Waals surface area (Å²) in [4.78, 5) is 24.0. The Balaban J connectivity index is 1.47. The van der Waals surface area contributed by atoms with Gasteiger partial charge in [-0.3, -0.25) is 9.59 Å². The molecule has 3 aliphatic carbocycles. The molecule has 3 fully saturated rings. The number of amides is 1. The zero-order chi connectivity index (χ0) is 22.2. The van der Waals surface area contributed by atoms with Crippen molar-refractivity contribution in [1.82, 2.24) is 5.32 Å². The van der Waals surface area contributed by atoms with E-state index < -0.39 is 5.97 Å². The monoisotopic (exact) mass is 503 g/mol. The van der Waals surface area contributed by atoms with Crippen LogP contribution in [0.1, 0.15) is 62.7 Å². The topological polar surface area (TPSA) is 66.4 Å². The molecule has 1 heterocycles. The maximum Gasteiger partial charge on any atom is 0.303 e. The van der Waals surface area contributed by atoms with Crippen molar-refractivity contribution in [2.75, 3.05) is 0 Å². The number of carbonyl (C=O) groups is 2. The van der Waals surface area contributed by atoms with Gasteiger partial charge in [-0.05, 0) is 77.3 Å². The van der Waals surface area contributed by atoms with Crippen LogP contribution in [0.4, 0.5) is 0 Å². The molecular weight excluding hydrogens is 474 g/mol. The number of allylic oxidation sites excluding steroid dienone is 2. The van der Waals surface area contributed by atoms with Crippen LogP contribution in [0.5, 0.6) is 0 Å². The van der Waals surface area contributed by atoms with Gasteiger partial charge in [-0.25, -0.2) is 0 Å². The van der Waals surface area contributed by atoms with Gasteiger partial charge in [-0.1, -0.05) is 38.1 Å². The van der Waals surface area contributed by atoms with Crippen molar-refractivity contribution in [3.05, 3.63) is 45.8 Å². The fraction of sp³-hybridized carbons (Fsp3) is 0.520. The number of unbranched alkanes of at least 4 members (excludes halogenated alkanes) is 1. The van der Waals surface area contributed by atoms with E-state index in [1.54, 1.807) is 11.3 Å². The number of nitrogens with one attached hydrogen (secondary N) is 1. The van der Waals surface area contributed by atoms with Crippen LogP contribution in [0.2, 0.25) is 0 Å². The summed E-state index contributed by atoms with van der Waals surface area (Å²) in [5.74, 6) is 0.966. The summed E-state index contributed by atoms with van der Waals surface area (Å²) < 4.78 is 2.07. The molecule has 0 spiro atoms. The molecule has 31 heavy (non-hydrogen) atoms. The molecule has 3 aliphatic rings. The predicted molar refractivity (Wildman–Crippen MR) is 130 cm³/mol. The molecule has 4 atom stereocenters. The van der Waals surface area contributed by atoms with Gasteiger partial charge < -0.3 is 10.4 Å².